The fourth-order valence-electron chi connectivity index (χ4n) is 1.37. The van der Waals surface area contributed by atoms with Crippen molar-refractivity contribution in [2.24, 2.45) is 5.73 Å². The average molecular weight is 280 g/mol. The lowest BCUT2D eigenvalue weighted by molar-refractivity contribution is -0.138. The summed E-state index contributed by atoms with van der Waals surface area (Å²) in [6, 6.07) is 3.21. The van der Waals surface area contributed by atoms with Gasteiger partial charge in [0.15, 0.2) is 0 Å². The van der Waals surface area contributed by atoms with Crippen molar-refractivity contribution in [2.75, 3.05) is 11.5 Å². The third-order valence-corrected chi connectivity index (χ3v) is 3.30. The van der Waals surface area contributed by atoms with Gasteiger partial charge in [-0.1, -0.05) is 6.07 Å². The van der Waals surface area contributed by atoms with Gasteiger partial charge < -0.3 is 11.5 Å². The Morgan fingerprint density at radius 1 is 1.33 bits per heavy atom. The minimum atomic E-state index is -4.58. The van der Waals surface area contributed by atoms with Crippen LogP contribution >= 0.6 is 0 Å². The molecule has 0 saturated carbocycles. The number of halogens is 3. The number of nitrogens with two attached hydrogens (primary N) is 2. The van der Waals surface area contributed by atoms with Crippen LogP contribution in [0.3, 0.4) is 0 Å². The quantitative estimate of drug-likeness (QED) is 0.807. The Labute approximate surface area is 104 Å². The minimum absolute atomic E-state index is 0.0354. The molecule has 8 heteroatoms. The van der Waals surface area contributed by atoms with Gasteiger partial charge >= 0.3 is 6.18 Å². The molecule has 1 unspecified atom stereocenters. The molecular formula is C10H11F3N2O2S. The van der Waals surface area contributed by atoms with E-state index in [-0.39, 0.29) is 11.3 Å². The number of primary amides is 1. The van der Waals surface area contributed by atoms with E-state index >= 15 is 0 Å². The third kappa shape index (κ3) is 4.02. The first-order chi connectivity index (χ1) is 8.20. The summed E-state index contributed by atoms with van der Waals surface area (Å²) in [7, 11) is -1.77. The highest BCUT2D eigenvalue weighted by Crippen LogP contribution is 2.33. The molecule has 1 atom stereocenters. The molecule has 0 radical (unpaired) electrons. The van der Waals surface area contributed by atoms with Crippen LogP contribution in [0, 0.1) is 0 Å². The Kier molecular flexibility index (Phi) is 4.33. The SMILES string of the molecule is NC(=O)CS(=O)Cc1ccc(N)cc1C(F)(F)F. The van der Waals surface area contributed by atoms with Crippen LogP contribution in [0.5, 0.6) is 0 Å². The highest BCUT2D eigenvalue weighted by Gasteiger charge is 2.33. The van der Waals surface area contributed by atoms with Crippen LogP contribution in [-0.4, -0.2) is 15.9 Å². The molecule has 0 aromatic heterocycles. The van der Waals surface area contributed by atoms with Crippen LogP contribution in [-0.2, 0) is 27.5 Å². The number of rotatable bonds is 4. The second-order valence-electron chi connectivity index (χ2n) is 3.61. The van der Waals surface area contributed by atoms with E-state index < -0.39 is 40.0 Å². The van der Waals surface area contributed by atoms with E-state index in [9.17, 15) is 22.2 Å². The molecule has 0 spiro atoms. The van der Waals surface area contributed by atoms with Crippen molar-refractivity contribution in [3.05, 3.63) is 29.3 Å². The fourth-order valence-corrected chi connectivity index (χ4v) is 2.38. The number of carbonyl (C=O) groups excluding carboxylic acids is 1. The number of hydrogen-bond acceptors (Lipinski definition) is 3. The fraction of sp³-hybridized carbons (Fsp3) is 0.300. The molecule has 0 aliphatic heterocycles. The Balaban J connectivity index is 3.02. The minimum Gasteiger partial charge on any atom is -0.399 e. The van der Waals surface area contributed by atoms with Gasteiger partial charge in [0, 0.05) is 22.2 Å². The summed E-state index contributed by atoms with van der Waals surface area (Å²) in [4.78, 5) is 10.5. The molecule has 0 saturated heterocycles. The van der Waals surface area contributed by atoms with Gasteiger partial charge in [-0.15, -0.1) is 0 Å². The second-order valence-corrected chi connectivity index (χ2v) is 5.07. The van der Waals surface area contributed by atoms with Crippen molar-refractivity contribution in [3.63, 3.8) is 0 Å². The smallest absolute Gasteiger partial charge is 0.399 e. The third-order valence-electron chi connectivity index (χ3n) is 2.06. The summed E-state index contributed by atoms with van der Waals surface area (Å²) in [6.45, 7) is 0. The van der Waals surface area contributed by atoms with E-state index in [0.29, 0.717) is 0 Å². The number of hydrogen-bond donors (Lipinski definition) is 2. The number of benzene rings is 1. The van der Waals surface area contributed by atoms with Gasteiger partial charge in [0.2, 0.25) is 5.91 Å². The Morgan fingerprint density at radius 2 is 1.94 bits per heavy atom. The molecule has 0 aliphatic rings. The second kappa shape index (κ2) is 5.38. The van der Waals surface area contributed by atoms with Gasteiger partial charge in [-0.3, -0.25) is 9.00 Å². The van der Waals surface area contributed by atoms with Crippen LogP contribution in [0.4, 0.5) is 18.9 Å². The molecule has 0 fully saturated rings. The van der Waals surface area contributed by atoms with Crippen LogP contribution in [0.15, 0.2) is 18.2 Å². The molecule has 1 aromatic carbocycles. The molecule has 18 heavy (non-hydrogen) atoms. The number of nitrogen functional groups attached to an aromatic ring is 1. The first kappa shape index (κ1) is 14.5. The molecule has 4 nitrogen and oxygen atoms in total. The van der Waals surface area contributed by atoms with Crippen molar-refractivity contribution in [1.29, 1.82) is 0 Å². The predicted octanol–water partition coefficient (Wildman–Crippen LogP) is 1.02. The Hall–Kier alpha value is -1.57. The van der Waals surface area contributed by atoms with E-state index in [4.69, 9.17) is 11.5 Å². The number of alkyl halides is 3. The first-order valence-electron chi connectivity index (χ1n) is 4.79. The van der Waals surface area contributed by atoms with E-state index in [1.54, 1.807) is 0 Å². The monoisotopic (exact) mass is 280 g/mol. The molecular weight excluding hydrogens is 269 g/mol. The predicted molar refractivity (Wildman–Crippen MR) is 61.8 cm³/mol. The maximum atomic E-state index is 12.7. The maximum Gasteiger partial charge on any atom is 0.416 e. The first-order valence-corrected chi connectivity index (χ1v) is 6.28. The molecule has 0 heterocycles. The normalized spacial score (nSPS) is 13.3. The molecule has 100 valence electrons. The lowest BCUT2D eigenvalue weighted by atomic mass is 10.1. The summed E-state index contributed by atoms with van der Waals surface area (Å²) in [5, 5.41) is 0. The van der Waals surface area contributed by atoms with Crippen molar-refractivity contribution in [2.45, 2.75) is 11.9 Å². The van der Waals surface area contributed by atoms with Crippen molar-refractivity contribution < 1.29 is 22.2 Å². The van der Waals surface area contributed by atoms with Gasteiger partial charge in [-0.05, 0) is 17.7 Å². The van der Waals surface area contributed by atoms with Gasteiger partial charge in [-0.25, -0.2) is 0 Å². The summed E-state index contributed by atoms with van der Waals surface area (Å²) >= 11 is 0. The van der Waals surface area contributed by atoms with E-state index in [1.807, 2.05) is 0 Å². The lowest BCUT2D eigenvalue weighted by Crippen LogP contribution is -2.21. The average Bonchev–Trinajstić information content (AvgIpc) is 2.17. The topological polar surface area (TPSA) is 86.2 Å². The van der Waals surface area contributed by atoms with Crippen LogP contribution in [0.25, 0.3) is 0 Å². The van der Waals surface area contributed by atoms with Crippen molar-refractivity contribution in [1.82, 2.24) is 0 Å². The molecule has 1 rings (SSSR count). The van der Waals surface area contributed by atoms with Gasteiger partial charge in [0.25, 0.3) is 0 Å². The van der Waals surface area contributed by atoms with Crippen LogP contribution in [0.1, 0.15) is 11.1 Å². The zero-order valence-corrected chi connectivity index (χ0v) is 9.98. The standard InChI is InChI=1S/C10H11F3N2O2S/c11-10(12,13)8-3-7(14)2-1-6(8)4-18(17)5-9(15)16/h1-3H,4-5,14H2,(H2,15,16). The van der Waals surface area contributed by atoms with Crippen LogP contribution < -0.4 is 11.5 Å². The highest BCUT2D eigenvalue weighted by atomic mass is 32.2. The zero-order chi connectivity index (χ0) is 13.9. The Morgan fingerprint density at radius 3 is 2.44 bits per heavy atom. The number of carbonyl (C=O) groups is 1. The summed E-state index contributed by atoms with van der Waals surface area (Å²) in [6.07, 6.45) is -4.58. The number of anilines is 1. The Bertz CT molecular complexity index is 489. The van der Waals surface area contributed by atoms with Gasteiger partial charge in [0.05, 0.1) is 5.56 Å². The van der Waals surface area contributed by atoms with Crippen molar-refractivity contribution in [3.8, 4) is 0 Å². The highest BCUT2D eigenvalue weighted by molar-refractivity contribution is 7.84. The zero-order valence-electron chi connectivity index (χ0n) is 9.16. The largest absolute Gasteiger partial charge is 0.416 e. The molecule has 1 amide bonds. The van der Waals surface area contributed by atoms with E-state index in [2.05, 4.69) is 0 Å². The molecule has 0 aliphatic carbocycles. The molecule has 1 aromatic rings. The lowest BCUT2D eigenvalue weighted by Gasteiger charge is -2.13. The van der Waals surface area contributed by atoms with Crippen LogP contribution in [0.2, 0.25) is 0 Å². The van der Waals surface area contributed by atoms with E-state index in [0.717, 1.165) is 12.1 Å². The maximum absolute atomic E-state index is 12.7. The van der Waals surface area contributed by atoms with E-state index in [1.165, 1.54) is 6.07 Å². The summed E-state index contributed by atoms with van der Waals surface area (Å²) in [5.74, 6) is -1.68. The number of amides is 1. The van der Waals surface area contributed by atoms with Gasteiger partial charge in [-0.2, -0.15) is 13.2 Å². The summed E-state index contributed by atoms with van der Waals surface area (Å²) in [5.41, 5.74) is 8.96. The molecule has 0 bridgehead atoms. The molecule has 4 N–H and O–H groups in total. The van der Waals surface area contributed by atoms with Gasteiger partial charge in [0.1, 0.15) is 5.75 Å². The van der Waals surface area contributed by atoms with Crippen molar-refractivity contribution >= 4 is 22.4 Å². The summed E-state index contributed by atoms with van der Waals surface area (Å²) < 4.78 is 49.5.